The Bertz CT molecular complexity index is 352. The molecule has 0 bridgehead atoms. The normalized spacial score (nSPS) is 20.0. The first-order chi connectivity index (χ1) is 8.72. The van der Waals surface area contributed by atoms with Crippen molar-refractivity contribution >= 4 is 0 Å². The third kappa shape index (κ3) is 3.12. The molecule has 1 aliphatic carbocycles. The van der Waals surface area contributed by atoms with Crippen LogP contribution in [0.4, 0.5) is 0 Å². The average molecular weight is 250 g/mol. The zero-order chi connectivity index (χ0) is 13.0. The predicted octanol–water partition coefficient (Wildman–Crippen LogP) is 2.07. The van der Waals surface area contributed by atoms with E-state index in [-0.39, 0.29) is 0 Å². The molecule has 2 rings (SSSR count). The summed E-state index contributed by atoms with van der Waals surface area (Å²) in [5.41, 5.74) is 7.22. The lowest BCUT2D eigenvalue weighted by atomic mass is 10.0. The van der Waals surface area contributed by atoms with Crippen molar-refractivity contribution in [1.82, 2.24) is 14.7 Å². The monoisotopic (exact) mass is 250 g/mol. The number of hydrogen-bond acceptors (Lipinski definition) is 3. The van der Waals surface area contributed by atoms with E-state index in [9.17, 15) is 0 Å². The van der Waals surface area contributed by atoms with E-state index in [1.165, 1.54) is 44.1 Å². The molecule has 1 atom stereocenters. The van der Waals surface area contributed by atoms with E-state index in [2.05, 4.69) is 23.2 Å². The van der Waals surface area contributed by atoms with Gasteiger partial charge in [-0.25, -0.2) is 0 Å². The summed E-state index contributed by atoms with van der Waals surface area (Å²) in [5, 5.41) is 4.27. The second-order valence-electron chi connectivity index (χ2n) is 5.51. The summed E-state index contributed by atoms with van der Waals surface area (Å²) in [6, 6.07) is 0.989. The molecule has 0 spiro atoms. The summed E-state index contributed by atoms with van der Waals surface area (Å²) < 4.78 is 1.86. The van der Waals surface area contributed by atoms with Crippen LogP contribution in [0.15, 0.2) is 12.4 Å². The van der Waals surface area contributed by atoms with Crippen LogP contribution in [0.1, 0.15) is 50.1 Å². The highest BCUT2D eigenvalue weighted by atomic mass is 15.3. The summed E-state index contributed by atoms with van der Waals surface area (Å²) in [6.45, 7) is 0.665. The smallest absolute Gasteiger partial charge is 0.0538 e. The summed E-state index contributed by atoms with van der Waals surface area (Å²) in [5.74, 6) is 0. The van der Waals surface area contributed by atoms with Crippen molar-refractivity contribution in [3.8, 4) is 0 Å². The second-order valence-corrected chi connectivity index (χ2v) is 5.51. The standard InChI is InChI=1S/C14H26N4/c1-17-11-12(10-16-17)14(9-15)18(2)13-7-5-3-4-6-8-13/h10-11,13-14H,3-9,15H2,1-2H3. The number of aromatic nitrogens is 2. The minimum atomic E-state index is 0.307. The van der Waals surface area contributed by atoms with Crippen molar-refractivity contribution < 1.29 is 0 Å². The maximum atomic E-state index is 5.98. The molecule has 1 aliphatic rings. The average Bonchev–Trinajstić information content (AvgIpc) is 2.65. The fourth-order valence-electron chi connectivity index (χ4n) is 3.07. The summed E-state index contributed by atoms with van der Waals surface area (Å²) in [7, 11) is 4.18. The van der Waals surface area contributed by atoms with Crippen molar-refractivity contribution in [2.75, 3.05) is 13.6 Å². The first kappa shape index (κ1) is 13.6. The fourth-order valence-corrected chi connectivity index (χ4v) is 3.07. The van der Waals surface area contributed by atoms with Gasteiger partial charge in [0.2, 0.25) is 0 Å². The lowest BCUT2D eigenvalue weighted by Gasteiger charge is -2.33. The number of likely N-dealkylation sites (N-methyl/N-ethyl adjacent to an activating group) is 1. The van der Waals surface area contributed by atoms with Gasteiger partial charge in [0.1, 0.15) is 0 Å². The van der Waals surface area contributed by atoms with Crippen LogP contribution in [-0.2, 0) is 7.05 Å². The Morgan fingerprint density at radius 2 is 2.06 bits per heavy atom. The molecule has 1 saturated carbocycles. The Morgan fingerprint density at radius 1 is 1.39 bits per heavy atom. The van der Waals surface area contributed by atoms with Crippen molar-refractivity contribution in [2.45, 2.75) is 50.6 Å². The van der Waals surface area contributed by atoms with Gasteiger partial charge in [-0.3, -0.25) is 9.58 Å². The molecule has 2 N–H and O–H groups in total. The summed E-state index contributed by atoms with van der Waals surface area (Å²) >= 11 is 0. The first-order valence-corrected chi connectivity index (χ1v) is 7.13. The molecule has 0 aliphatic heterocycles. The molecule has 0 amide bonds. The Labute approximate surface area is 110 Å². The maximum Gasteiger partial charge on any atom is 0.0538 e. The van der Waals surface area contributed by atoms with E-state index in [1.54, 1.807) is 0 Å². The van der Waals surface area contributed by atoms with Crippen LogP contribution in [0.3, 0.4) is 0 Å². The Kier molecular flexibility index (Phi) is 4.78. The van der Waals surface area contributed by atoms with Crippen LogP contribution < -0.4 is 5.73 Å². The van der Waals surface area contributed by atoms with Crippen molar-refractivity contribution in [2.24, 2.45) is 12.8 Å². The summed E-state index contributed by atoms with van der Waals surface area (Å²) in [6.07, 6.45) is 12.2. The van der Waals surface area contributed by atoms with Gasteiger partial charge in [-0.1, -0.05) is 25.7 Å². The minimum Gasteiger partial charge on any atom is -0.329 e. The van der Waals surface area contributed by atoms with E-state index >= 15 is 0 Å². The van der Waals surface area contributed by atoms with Crippen LogP contribution in [0.2, 0.25) is 0 Å². The molecule has 1 heterocycles. The fraction of sp³-hybridized carbons (Fsp3) is 0.786. The molecular formula is C14H26N4. The molecule has 4 heteroatoms. The predicted molar refractivity (Wildman–Crippen MR) is 74.3 cm³/mol. The highest BCUT2D eigenvalue weighted by molar-refractivity contribution is 5.11. The van der Waals surface area contributed by atoms with Crippen LogP contribution >= 0.6 is 0 Å². The van der Waals surface area contributed by atoms with E-state index in [0.717, 1.165) is 0 Å². The number of rotatable bonds is 4. The van der Waals surface area contributed by atoms with E-state index in [4.69, 9.17) is 5.73 Å². The lowest BCUT2D eigenvalue weighted by molar-refractivity contribution is 0.161. The molecule has 18 heavy (non-hydrogen) atoms. The van der Waals surface area contributed by atoms with E-state index < -0.39 is 0 Å². The van der Waals surface area contributed by atoms with Gasteiger partial charge in [0.25, 0.3) is 0 Å². The highest BCUT2D eigenvalue weighted by Gasteiger charge is 2.24. The number of hydrogen-bond donors (Lipinski definition) is 1. The molecule has 4 nitrogen and oxygen atoms in total. The van der Waals surface area contributed by atoms with Crippen molar-refractivity contribution in [1.29, 1.82) is 0 Å². The molecule has 1 unspecified atom stereocenters. The second kappa shape index (κ2) is 6.34. The number of nitrogens with zero attached hydrogens (tertiary/aromatic N) is 3. The topological polar surface area (TPSA) is 47.1 Å². The van der Waals surface area contributed by atoms with Gasteiger partial charge in [-0.15, -0.1) is 0 Å². The van der Waals surface area contributed by atoms with Crippen LogP contribution in [0, 0.1) is 0 Å². The van der Waals surface area contributed by atoms with Gasteiger partial charge < -0.3 is 5.73 Å². The molecule has 1 aromatic heterocycles. The van der Waals surface area contributed by atoms with E-state index in [1.807, 2.05) is 17.9 Å². The lowest BCUT2D eigenvalue weighted by Crippen LogP contribution is -2.38. The number of nitrogens with two attached hydrogens (primary N) is 1. The first-order valence-electron chi connectivity index (χ1n) is 7.13. The molecule has 1 fully saturated rings. The van der Waals surface area contributed by atoms with Gasteiger partial charge in [-0.05, 0) is 19.9 Å². The largest absolute Gasteiger partial charge is 0.329 e. The third-order valence-corrected chi connectivity index (χ3v) is 4.23. The molecule has 0 aromatic carbocycles. The van der Waals surface area contributed by atoms with E-state index in [0.29, 0.717) is 18.6 Å². The Hall–Kier alpha value is -0.870. The Balaban J connectivity index is 2.06. The third-order valence-electron chi connectivity index (χ3n) is 4.23. The SMILES string of the molecule is CN(C1CCCCCC1)C(CN)c1cnn(C)c1. The molecule has 0 radical (unpaired) electrons. The van der Waals surface area contributed by atoms with Gasteiger partial charge in [-0.2, -0.15) is 5.10 Å². The minimum absolute atomic E-state index is 0.307. The van der Waals surface area contributed by atoms with Gasteiger partial charge in [0.05, 0.1) is 12.2 Å². The van der Waals surface area contributed by atoms with Crippen LogP contribution in [-0.4, -0.2) is 34.3 Å². The number of aryl methyl sites for hydroxylation is 1. The maximum absolute atomic E-state index is 5.98. The van der Waals surface area contributed by atoms with Gasteiger partial charge in [0.15, 0.2) is 0 Å². The Morgan fingerprint density at radius 3 is 2.56 bits per heavy atom. The molecular weight excluding hydrogens is 224 g/mol. The van der Waals surface area contributed by atoms with Crippen LogP contribution in [0.5, 0.6) is 0 Å². The van der Waals surface area contributed by atoms with Gasteiger partial charge in [0, 0.05) is 31.4 Å². The quantitative estimate of drug-likeness (QED) is 0.832. The molecule has 0 saturated heterocycles. The zero-order valence-corrected chi connectivity index (χ0v) is 11.7. The van der Waals surface area contributed by atoms with Crippen LogP contribution in [0.25, 0.3) is 0 Å². The summed E-state index contributed by atoms with van der Waals surface area (Å²) in [4.78, 5) is 2.47. The molecule has 102 valence electrons. The van der Waals surface area contributed by atoms with Crippen molar-refractivity contribution in [3.63, 3.8) is 0 Å². The van der Waals surface area contributed by atoms with Crippen molar-refractivity contribution in [3.05, 3.63) is 18.0 Å². The van der Waals surface area contributed by atoms with Gasteiger partial charge >= 0.3 is 0 Å². The molecule has 1 aromatic rings. The highest BCUT2D eigenvalue weighted by Crippen LogP contribution is 2.27. The zero-order valence-electron chi connectivity index (χ0n) is 11.7.